The summed E-state index contributed by atoms with van der Waals surface area (Å²) in [7, 11) is -3.59. The second kappa shape index (κ2) is 6.73. The molecule has 128 valence electrons. The molecule has 0 fully saturated rings. The van der Waals surface area contributed by atoms with Crippen molar-refractivity contribution in [1.82, 2.24) is 0 Å². The molecule has 0 spiro atoms. The first-order chi connectivity index (χ1) is 11.1. The summed E-state index contributed by atoms with van der Waals surface area (Å²) >= 11 is 0. The maximum Gasteiger partial charge on any atom is 0.307 e. The van der Waals surface area contributed by atoms with E-state index < -0.39 is 21.4 Å². The lowest BCUT2D eigenvalue weighted by molar-refractivity contribution is -0.154. The Hall–Kier alpha value is -2.21. The Balaban J connectivity index is 2.18. The van der Waals surface area contributed by atoms with Crippen molar-refractivity contribution >= 4 is 32.9 Å². The lowest BCUT2D eigenvalue weighted by Crippen LogP contribution is -2.25. The van der Waals surface area contributed by atoms with E-state index >= 15 is 0 Å². The maximum absolute atomic E-state index is 12.4. The zero-order valence-electron chi connectivity index (χ0n) is 13.9. The summed E-state index contributed by atoms with van der Waals surface area (Å²) in [6, 6.07) is 9.72. The van der Waals surface area contributed by atoms with Crippen LogP contribution in [-0.2, 0) is 19.4 Å². The number of ether oxygens (including phenoxy) is 1. The number of carbonyl (C=O) groups is 2. The molecule has 2 aromatic carbocycles. The molecule has 0 unspecified atom stereocenters. The monoisotopic (exact) mass is 348 g/mol. The summed E-state index contributed by atoms with van der Waals surface area (Å²) < 4.78 is 29.9. The molecule has 0 atom stereocenters. The van der Waals surface area contributed by atoms with Gasteiger partial charge in [-0.25, -0.2) is 8.42 Å². The highest BCUT2D eigenvalue weighted by Crippen LogP contribution is 2.21. The molecule has 2 aromatic rings. The quantitative estimate of drug-likeness (QED) is 0.613. The number of esters is 1. The van der Waals surface area contributed by atoms with Gasteiger partial charge in [0.2, 0.25) is 0 Å². The molecule has 5 nitrogen and oxygen atoms in total. The number of sulfone groups is 1. The first kappa shape index (κ1) is 18.1. The lowest BCUT2D eigenvalue weighted by atomic mass is 10.1. The van der Waals surface area contributed by atoms with E-state index in [4.69, 9.17) is 4.74 Å². The fraction of sp³-hybridized carbons (Fsp3) is 0.333. The fourth-order valence-corrected chi connectivity index (χ4v) is 3.49. The van der Waals surface area contributed by atoms with Crippen molar-refractivity contribution in [1.29, 1.82) is 0 Å². The smallest absolute Gasteiger partial charge is 0.307 e. The minimum atomic E-state index is -3.59. The minimum absolute atomic E-state index is 0.150. The van der Waals surface area contributed by atoms with Crippen LogP contribution in [0.4, 0.5) is 0 Å². The minimum Gasteiger partial charge on any atom is -0.460 e. The third kappa shape index (κ3) is 4.64. The molecule has 0 aliphatic heterocycles. The van der Waals surface area contributed by atoms with Crippen LogP contribution >= 0.6 is 0 Å². The van der Waals surface area contributed by atoms with Crippen LogP contribution in [0.3, 0.4) is 0 Å². The Morgan fingerprint density at radius 1 is 1.08 bits per heavy atom. The molecule has 0 saturated carbocycles. The van der Waals surface area contributed by atoms with Crippen molar-refractivity contribution in [2.24, 2.45) is 0 Å². The Kier molecular flexibility index (Phi) is 5.08. The molecule has 6 heteroatoms. The van der Waals surface area contributed by atoms with Crippen molar-refractivity contribution < 1.29 is 22.7 Å². The van der Waals surface area contributed by atoms with Gasteiger partial charge >= 0.3 is 5.97 Å². The van der Waals surface area contributed by atoms with E-state index in [0.29, 0.717) is 5.56 Å². The van der Waals surface area contributed by atoms with Crippen molar-refractivity contribution in [3.8, 4) is 0 Å². The maximum atomic E-state index is 12.4. The van der Waals surface area contributed by atoms with E-state index in [2.05, 4.69) is 0 Å². The summed E-state index contributed by atoms with van der Waals surface area (Å²) in [5.41, 5.74) is -0.108. The standard InChI is InChI=1S/C18H20O5S/c1-18(2,3)23-17(20)8-9-24(21,22)16-7-6-14-10-13(12-19)4-5-15(14)11-16/h4-7,10-12H,8-9H2,1-3H3. The van der Waals surface area contributed by atoms with E-state index in [0.717, 1.165) is 17.1 Å². The van der Waals surface area contributed by atoms with Gasteiger partial charge in [-0.05, 0) is 49.7 Å². The van der Waals surface area contributed by atoms with Gasteiger partial charge in [-0.1, -0.05) is 18.2 Å². The summed E-state index contributed by atoms with van der Waals surface area (Å²) in [6.07, 6.45) is 0.548. The first-order valence-corrected chi connectivity index (χ1v) is 9.19. The van der Waals surface area contributed by atoms with Gasteiger partial charge in [0.05, 0.1) is 17.1 Å². The van der Waals surface area contributed by atoms with E-state index in [1.165, 1.54) is 6.07 Å². The molecule has 0 aromatic heterocycles. The second-order valence-corrected chi connectivity index (χ2v) is 8.65. The van der Waals surface area contributed by atoms with Crippen molar-refractivity contribution in [3.05, 3.63) is 42.0 Å². The van der Waals surface area contributed by atoms with E-state index in [-0.39, 0.29) is 17.1 Å². The molecule has 0 bridgehead atoms. The largest absolute Gasteiger partial charge is 0.460 e. The van der Waals surface area contributed by atoms with Gasteiger partial charge in [-0.3, -0.25) is 9.59 Å². The molecule has 2 rings (SSSR count). The molecule has 0 amide bonds. The molecule has 0 aliphatic carbocycles. The van der Waals surface area contributed by atoms with E-state index in [1.807, 2.05) is 0 Å². The van der Waals surface area contributed by atoms with Crippen LogP contribution in [0.5, 0.6) is 0 Å². The van der Waals surface area contributed by atoms with Gasteiger partial charge in [0.25, 0.3) is 0 Å². The molecular weight excluding hydrogens is 328 g/mol. The predicted molar refractivity (Wildman–Crippen MR) is 91.9 cm³/mol. The van der Waals surface area contributed by atoms with Crippen LogP contribution in [-0.4, -0.2) is 32.0 Å². The van der Waals surface area contributed by atoms with Gasteiger partial charge < -0.3 is 4.74 Å². The molecular formula is C18H20O5S. The van der Waals surface area contributed by atoms with Crippen LogP contribution in [0.1, 0.15) is 37.6 Å². The number of aldehydes is 1. The average Bonchev–Trinajstić information content (AvgIpc) is 2.50. The van der Waals surface area contributed by atoms with Gasteiger partial charge in [0.1, 0.15) is 11.9 Å². The highest BCUT2D eigenvalue weighted by molar-refractivity contribution is 7.91. The van der Waals surface area contributed by atoms with E-state index in [9.17, 15) is 18.0 Å². The van der Waals surface area contributed by atoms with Gasteiger partial charge in [-0.2, -0.15) is 0 Å². The summed E-state index contributed by atoms with van der Waals surface area (Å²) in [4.78, 5) is 22.6. The Labute approximate surface area is 141 Å². The fourth-order valence-electron chi connectivity index (χ4n) is 2.24. The van der Waals surface area contributed by atoms with Crippen LogP contribution in [0.2, 0.25) is 0 Å². The van der Waals surface area contributed by atoms with Gasteiger partial charge in [0.15, 0.2) is 9.84 Å². The Bertz CT molecular complexity index is 876. The molecule has 0 N–H and O–H groups in total. The first-order valence-electron chi connectivity index (χ1n) is 7.54. The number of hydrogen-bond donors (Lipinski definition) is 0. The number of carbonyl (C=O) groups excluding carboxylic acids is 2. The summed E-state index contributed by atoms with van der Waals surface area (Å²) in [5.74, 6) is -0.845. The normalized spacial score (nSPS) is 12.1. The lowest BCUT2D eigenvalue weighted by Gasteiger charge is -2.19. The molecule has 0 aliphatic rings. The summed E-state index contributed by atoms with van der Waals surface area (Å²) in [6.45, 7) is 5.20. The molecule has 24 heavy (non-hydrogen) atoms. The van der Waals surface area contributed by atoms with Crippen molar-refractivity contribution in [2.45, 2.75) is 37.7 Å². The van der Waals surface area contributed by atoms with Crippen molar-refractivity contribution in [3.63, 3.8) is 0 Å². The van der Waals surface area contributed by atoms with Crippen LogP contribution in [0.15, 0.2) is 41.3 Å². The zero-order valence-corrected chi connectivity index (χ0v) is 14.7. The molecule has 0 heterocycles. The van der Waals surface area contributed by atoms with Crippen LogP contribution in [0.25, 0.3) is 10.8 Å². The SMILES string of the molecule is CC(C)(C)OC(=O)CCS(=O)(=O)c1ccc2cc(C=O)ccc2c1. The van der Waals surface area contributed by atoms with Gasteiger partial charge in [0, 0.05) is 5.56 Å². The van der Waals surface area contributed by atoms with Crippen LogP contribution < -0.4 is 0 Å². The van der Waals surface area contributed by atoms with Crippen molar-refractivity contribution in [2.75, 3.05) is 5.75 Å². The topological polar surface area (TPSA) is 77.5 Å². The number of hydrogen-bond acceptors (Lipinski definition) is 5. The zero-order chi connectivity index (χ0) is 18.0. The van der Waals surface area contributed by atoms with Crippen LogP contribution in [0, 0.1) is 0 Å². The highest BCUT2D eigenvalue weighted by Gasteiger charge is 2.21. The van der Waals surface area contributed by atoms with E-state index in [1.54, 1.807) is 51.1 Å². The number of benzene rings is 2. The predicted octanol–water partition coefficient (Wildman–Crippen LogP) is 3.16. The third-order valence-corrected chi connectivity index (χ3v) is 5.04. The highest BCUT2D eigenvalue weighted by atomic mass is 32.2. The number of rotatable bonds is 5. The Morgan fingerprint density at radius 3 is 2.33 bits per heavy atom. The second-order valence-electron chi connectivity index (χ2n) is 6.54. The third-order valence-electron chi connectivity index (χ3n) is 3.33. The Morgan fingerprint density at radius 2 is 1.71 bits per heavy atom. The number of fused-ring (bicyclic) bond motifs is 1. The van der Waals surface area contributed by atoms with Gasteiger partial charge in [-0.15, -0.1) is 0 Å². The molecule has 0 saturated heterocycles. The molecule has 0 radical (unpaired) electrons. The summed E-state index contributed by atoms with van der Waals surface area (Å²) in [5, 5.41) is 1.50. The average molecular weight is 348 g/mol.